The lowest BCUT2D eigenvalue weighted by Gasteiger charge is -2.05. The van der Waals surface area contributed by atoms with Gasteiger partial charge in [-0.2, -0.15) is 14.6 Å². The van der Waals surface area contributed by atoms with E-state index >= 15 is 0 Å². The van der Waals surface area contributed by atoms with Crippen LogP contribution in [0.1, 0.15) is 11.4 Å². The first-order chi connectivity index (χ1) is 11.7. The number of aryl methyl sites for hydroxylation is 1. The van der Waals surface area contributed by atoms with Crippen LogP contribution in [-0.2, 0) is 20.3 Å². The van der Waals surface area contributed by atoms with Crippen LogP contribution in [0.4, 0.5) is 8.78 Å². The molecule has 0 atom stereocenters. The SMILES string of the molecule is Cn1cc(-c2ccc3ncc(Cc4c(F)ncn4CF)n3n2)cn1. The maximum Gasteiger partial charge on any atom is 0.234 e. The molecule has 4 aromatic heterocycles. The second-order valence-corrected chi connectivity index (χ2v) is 5.39. The molecule has 0 aliphatic carbocycles. The summed E-state index contributed by atoms with van der Waals surface area (Å²) in [6.45, 7) is -0.836. The van der Waals surface area contributed by atoms with Crippen LogP contribution in [0.3, 0.4) is 0 Å². The first-order valence-corrected chi connectivity index (χ1v) is 7.24. The molecule has 9 heteroatoms. The minimum atomic E-state index is -0.836. The molecule has 7 nitrogen and oxygen atoms in total. The van der Waals surface area contributed by atoms with E-state index in [2.05, 4.69) is 20.2 Å². The fraction of sp³-hybridized carbons (Fsp3) is 0.200. The molecule has 0 saturated carbocycles. The Morgan fingerprint density at radius 1 is 1.17 bits per heavy atom. The molecule has 0 aliphatic rings. The van der Waals surface area contributed by atoms with Crippen molar-refractivity contribution in [1.82, 2.24) is 33.9 Å². The van der Waals surface area contributed by atoms with E-state index in [0.717, 1.165) is 16.5 Å². The molecule has 0 N–H and O–H groups in total. The Kier molecular flexibility index (Phi) is 3.33. The highest BCUT2D eigenvalue weighted by molar-refractivity contribution is 5.58. The first kappa shape index (κ1) is 14.5. The first-order valence-electron chi connectivity index (χ1n) is 7.24. The van der Waals surface area contributed by atoms with E-state index in [1.54, 1.807) is 21.6 Å². The summed E-state index contributed by atoms with van der Waals surface area (Å²) in [5.74, 6) is -0.689. The fourth-order valence-electron chi connectivity index (χ4n) is 2.58. The summed E-state index contributed by atoms with van der Waals surface area (Å²) in [4.78, 5) is 7.77. The summed E-state index contributed by atoms with van der Waals surface area (Å²) in [5, 5.41) is 8.67. The largest absolute Gasteiger partial charge is 0.303 e. The van der Waals surface area contributed by atoms with Gasteiger partial charge in [-0.15, -0.1) is 0 Å². The standard InChI is InChI=1S/C15H13F2N7/c1-22-7-10(5-20-22)12-2-3-14-18-6-11(24(14)21-12)4-13-15(17)19-9-23(13)8-16/h2-3,5-7,9H,4,8H2,1H3. The van der Waals surface area contributed by atoms with Crippen molar-refractivity contribution >= 4 is 5.65 Å². The molecule has 0 saturated heterocycles. The number of aromatic nitrogens is 7. The number of hydrogen-bond donors (Lipinski definition) is 0. The Balaban J connectivity index is 1.77. The number of alkyl halides is 1. The molecular formula is C15H13F2N7. The molecule has 0 bridgehead atoms. The van der Waals surface area contributed by atoms with Crippen molar-refractivity contribution in [3.8, 4) is 11.3 Å². The maximum atomic E-state index is 13.8. The second kappa shape index (κ2) is 5.52. The summed E-state index contributed by atoms with van der Waals surface area (Å²) in [6, 6.07) is 3.66. The topological polar surface area (TPSA) is 65.8 Å². The smallest absolute Gasteiger partial charge is 0.234 e. The molecule has 4 heterocycles. The lowest BCUT2D eigenvalue weighted by Crippen LogP contribution is -2.05. The lowest BCUT2D eigenvalue weighted by molar-refractivity contribution is 0.367. The van der Waals surface area contributed by atoms with Crippen LogP contribution >= 0.6 is 0 Å². The van der Waals surface area contributed by atoms with E-state index in [9.17, 15) is 8.78 Å². The lowest BCUT2D eigenvalue weighted by atomic mass is 10.2. The van der Waals surface area contributed by atoms with E-state index in [0.29, 0.717) is 17.0 Å². The van der Waals surface area contributed by atoms with E-state index in [1.165, 1.54) is 0 Å². The zero-order valence-electron chi connectivity index (χ0n) is 12.8. The van der Waals surface area contributed by atoms with Crippen LogP contribution in [0, 0.1) is 5.95 Å². The third-order valence-electron chi connectivity index (χ3n) is 3.81. The van der Waals surface area contributed by atoms with Gasteiger partial charge < -0.3 is 4.57 Å². The Labute approximate surface area is 135 Å². The van der Waals surface area contributed by atoms with Crippen molar-refractivity contribution in [2.45, 2.75) is 13.2 Å². The molecule has 122 valence electrons. The van der Waals surface area contributed by atoms with Crippen LogP contribution in [0.15, 0.2) is 37.1 Å². The Morgan fingerprint density at radius 2 is 2.04 bits per heavy atom. The van der Waals surface area contributed by atoms with Crippen molar-refractivity contribution in [1.29, 1.82) is 0 Å². The number of halogens is 2. The number of rotatable bonds is 4. The molecule has 0 radical (unpaired) electrons. The average Bonchev–Trinajstić information content (AvgIpc) is 3.28. The molecule has 0 spiro atoms. The van der Waals surface area contributed by atoms with Gasteiger partial charge in [0.05, 0.1) is 29.5 Å². The van der Waals surface area contributed by atoms with Gasteiger partial charge in [-0.25, -0.2) is 18.9 Å². The third kappa shape index (κ3) is 2.34. The second-order valence-electron chi connectivity index (χ2n) is 5.39. The summed E-state index contributed by atoms with van der Waals surface area (Å²) >= 11 is 0. The van der Waals surface area contributed by atoms with Crippen molar-refractivity contribution in [3.63, 3.8) is 0 Å². The number of imidazole rings is 2. The summed E-state index contributed by atoms with van der Waals surface area (Å²) in [6.07, 6.45) is 6.44. The number of hydrogen-bond acceptors (Lipinski definition) is 4. The highest BCUT2D eigenvalue weighted by atomic mass is 19.1. The van der Waals surface area contributed by atoms with Gasteiger partial charge in [0.25, 0.3) is 0 Å². The Hall–Kier alpha value is -3.10. The zero-order valence-corrected chi connectivity index (χ0v) is 12.8. The predicted molar refractivity (Wildman–Crippen MR) is 81.3 cm³/mol. The minimum absolute atomic E-state index is 0.139. The van der Waals surface area contributed by atoms with Crippen LogP contribution in [0.2, 0.25) is 0 Å². The van der Waals surface area contributed by atoms with Crippen molar-refractivity contribution < 1.29 is 8.78 Å². The van der Waals surface area contributed by atoms with E-state index < -0.39 is 12.7 Å². The number of nitrogens with zero attached hydrogens (tertiary/aromatic N) is 7. The highest BCUT2D eigenvalue weighted by Gasteiger charge is 2.15. The summed E-state index contributed by atoms with van der Waals surface area (Å²) in [5.41, 5.74) is 3.01. The molecule has 0 aromatic carbocycles. The quantitative estimate of drug-likeness (QED) is 0.574. The molecule has 0 unspecified atom stereocenters. The Bertz CT molecular complexity index is 1010. The third-order valence-corrected chi connectivity index (χ3v) is 3.81. The normalized spacial score (nSPS) is 11.5. The van der Waals surface area contributed by atoms with Crippen molar-refractivity contribution in [2.75, 3.05) is 0 Å². The average molecular weight is 329 g/mol. The molecule has 0 fully saturated rings. The summed E-state index contributed by atoms with van der Waals surface area (Å²) < 4.78 is 31.1. The molecule has 4 rings (SSSR count). The van der Waals surface area contributed by atoms with E-state index in [-0.39, 0.29) is 12.1 Å². The van der Waals surface area contributed by atoms with Gasteiger partial charge in [-0.1, -0.05) is 0 Å². The van der Waals surface area contributed by atoms with Gasteiger partial charge in [0, 0.05) is 25.2 Å². The van der Waals surface area contributed by atoms with Gasteiger partial charge in [0.2, 0.25) is 5.95 Å². The van der Waals surface area contributed by atoms with Crippen LogP contribution in [0.25, 0.3) is 16.9 Å². The predicted octanol–water partition coefficient (Wildman–Crippen LogP) is 1.98. The Morgan fingerprint density at radius 3 is 2.79 bits per heavy atom. The summed E-state index contributed by atoms with van der Waals surface area (Å²) in [7, 11) is 1.82. The fourth-order valence-corrected chi connectivity index (χ4v) is 2.58. The number of fused-ring (bicyclic) bond motifs is 1. The molecular weight excluding hydrogens is 316 g/mol. The van der Waals surface area contributed by atoms with Gasteiger partial charge >= 0.3 is 0 Å². The molecule has 4 aromatic rings. The molecule has 0 aliphatic heterocycles. The van der Waals surface area contributed by atoms with Gasteiger partial charge in [-0.05, 0) is 12.1 Å². The van der Waals surface area contributed by atoms with Crippen LogP contribution < -0.4 is 0 Å². The maximum absolute atomic E-state index is 13.8. The van der Waals surface area contributed by atoms with E-state index in [1.807, 2.05) is 25.4 Å². The van der Waals surface area contributed by atoms with Crippen LogP contribution in [0.5, 0.6) is 0 Å². The van der Waals surface area contributed by atoms with Crippen LogP contribution in [-0.4, -0.2) is 33.9 Å². The van der Waals surface area contributed by atoms with Gasteiger partial charge in [0.1, 0.15) is 6.33 Å². The molecule has 24 heavy (non-hydrogen) atoms. The van der Waals surface area contributed by atoms with Crippen molar-refractivity contribution in [3.05, 3.63) is 54.4 Å². The monoisotopic (exact) mass is 329 g/mol. The van der Waals surface area contributed by atoms with E-state index in [4.69, 9.17) is 0 Å². The zero-order chi connectivity index (χ0) is 16.7. The van der Waals surface area contributed by atoms with Gasteiger partial charge in [-0.3, -0.25) is 4.68 Å². The molecule has 0 amide bonds. The minimum Gasteiger partial charge on any atom is -0.303 e. The highest BCUT2D eigenvalue weighted by Crippen LogP contribution is 2.19. The van der Waals surface area contributed by atoms with Gasteiger partial charge in [0.15, 0.2) is 12.4 Å². The van der Waals surface area contributed by atoms with Crippen molar-refractivity contribution in [2.24, 2.45) is 7.05 Å².